The van der Waals surface area contributed by atoms with Gasteiger partial charge in [-0.2, -0.15) is 14.6 Å². The second-order valence-corrected chi connectivity index (χ2v) is 4.34. The van der Waals surface area contributed by atoms with E-state index in [4.69, 9.17) is 11.6 Å². The van der Waals surface area contributed by atoms with Crippen LogP contribution in [0.3, 0.4) is 0 Å². The Bertz CT molecular complexity index is 487. The number of halogens is 1. The molecule has 0 atom stereocenters. The molecule has 0 N–H and O–H groups in total. The highest BCUT2D eigenvalue weighted by molar-refractivity contribution is 6.29. The molecule has 1 aliphatic carbocycles. The quantitative estimate of drug-likeness (QED) is 0.696. The molecule has 78 valence electrons. The molecule has 15 heavy (non-hydrogen) atoms. The van der Waals surface area contributed by atoms with Crippen LogP contribution in [0.25, 0.3) is 5.78 Å². The van der Waals surface area contributed by atoms with Gasteiger partial charge in [0, 0.05) is 5.92 Å². The number of rotatable bonds is 1. The van der Waals surface area contributed by atoms with Crippen molar-refractivity contribution in [3.05, 3.63) is 23.2 Å². The lowest BCUT2D eigenvalue weighted by Gasteiger charge is -2.08. The summed E-state index contributed by atoms with van der Waals surface area (Å²) in [6.07, 6.45) is 6.50. The van der Waals surface area contributed by atoms with E-state index in [9.17, 15) is 0 Å². The first-order valence-corrected chi connectivity index (χ1v) is 5.58. The SMILES string of the molecule is Clc1cc(C2CCCC2)nc2ncnn12. The molecule has 3 rings (SSSR count). The van der Waals surface area contributed by atoms with Crippen molar-refractivity contribution in [1.29, 1.82) is 0 Å². The normalized spacial score (nSPS) is 17.7. The summed E-state index contributed by atoms with van der Waals surface area (Å²) in [7, 11) is 0. The van der Waals surface area contributed by atoms with E-state index in [-0.39, 0.29) is 0 Å². The third kappa shape index (κ3) is 1.49. The van der Waals surface area contributed by atoms with Crippen molar-refractivity contribution >= 4 is 17.4 Å². The monoisotopic (exact) mass is 222 g/mol. The first-order valence-electron chi connectivity index (χ1n) is 5.21. The van der Waals surface area contributed by atoms with Crippen LogP contribution in [0.4, 0.5) is 0 Å². The van der Waals surface area contributed by atoms with Gasteiger partial charge in [-0.05, 0) is 18.9 Å². The number of nitrogens with zero attached hydrogens (tertiary/aromatic N) is 4. The number of hydrogen-bond acceptors (Lipinski definition) is 3. The zero-order valence-electron chi connectivity index (χ0n) is 8.23. The van der Waals surface area contributed by atoms with Crippen LogP contribution in [0.2, 0.25) is 5.15 Å². The Balaban J connectivity index is 2.11. The second kappa shape index (κ2) is 3.45. The lowest BCUT2D eigenvalue weighted by Crippen LogP contribution is -2.01. The highest BCUT2D eigenvalue weighted by Gasteiger charge is 2.20. The zero-order chi connectivity index (χ0) is 10.3. The molecule has 0 spiro atoms. The van der Waals surface area contributed by atoms with E-state index in [1.54, 1.807) is 4.52 Å². The van der Waals surface area contributed by atoms with Crippen LogP contribution >= 0.6 is 11.6 Å². The van der Waals surface area contributed by atoms with Crippen LogP contribution in [0.1, 0.15) is 37.3 Å². The van der Waals surface area contributed by atoms with Gasteiger partial charge in [-0.1, -0.05) is 24.4 Å². The maximum Gasteiger partial charge on any atom is 0.253 e. The number of fused-ring (bicyclic) bond motifs is 1. The summed E-state index contributed by atoms with van der Waals surface area (Å²) in [5.74, 6) is 1.16. The lowest BCUT2D eigenvalue weighted by molar-refractivity contribution is 0.693. The standard InChI is InChI=1S/C10H11ClN4/c11-9-5-8(7-3-1-2-4-7)14-10-12-6-13-15(9)10/h5-7H,1-4H2. The number of aromatic nitrogens is 4. The van der Waals surface area contributed by atoms with E-state index < -0.39 is 0 Å². The van der Waals surface area contributed by atoms with Gasteiger partial charge >= 0.3 is 0 Å². The van der Waals surface area contributed by atoms with Crippen molar-refractivity contribution in [3.63, 3.8) is 0 Å². The topological polar surface area (TPSA) is 43.1 Å². The van der Waals surface area contributed by atoms with E-state index in [1.807, 2.05) is 6.07 Å². The van der Waals surface area contributed by atoms with E-state index >= 15 is 0 Å². The van der Waals surface area contributed by atoms with Crippen LogP contribution in [0.15, 0.2) is 12.4 Å². The Hall–Kier alpha value is -1.16. The van der Waals surface area contributed by atoms with Gasteiger partial charge in [0.2, 0.25) is 0 Å². The van der Waals surface area contributed by atoms with Gasteiger partial charge in [0.15, 0.2) is 0 Å². The Labute approximate surface area is 92.3 Å². The van der Waals surface area contributed by atoms with Crippen molar-refractivity contribution in [2.75, 3.05) is 0 Å². The minimum Gasteiger partial charge on any atom is -0.216 e. The van der Waals surface area contributed by atoms with E-state index in [0.29, 0.717) is 16.8 Å². The van der Waals surface area contributed by atoms with Crippen molar-refractivity contribution < 1.29 is 0 Å². The van der Waals surface area contributed by atoms with Gasteiger partial charge in [-0.15, -0.1) is 0 Å². The molecule has 4 nitrogen and oxygen atoms in total. The van der Waals surface area contributed by atoms with Gasteiger partial charge in [-0.25, -0.2) is 4.98 Å². The molecule has 0 radical (unpaired) electrons. The summed E-state index contributed by atoms with van der Waals surface area (Å²) >= 11 is 6.10. The summed E-state index contributed by atoms with van der Waals surface area (Å²) in [5.41, 5.74) is 1.07. The predicted molar refractivity (Wildman–Crippen MR) is 57.0 cm³/mol. The maximum atomic E-state index is 6.10. The summed E-state index contributed by atoms with van der Waals surface area (Å²) in [5, 5.41) is 4.59. The van der Waals surface area contributed by atoms with Crippen LogP contribution in [-0.2, 0) is 0 Å². The Kier molecular flexibility index (Phi) is 2.09. The first kappa shape index (κ1) is 9.09. The fourth-order valence-electron chi connectivity index (χ4n) is 2.22. The maximum absolute atomic E-state index is 6.10. The van der Waals surface area contributed by atoms with Crippen molar-refractivity contribution in [3.8, 4) is 0 Å². The van der Waals surface area contributed by atoms with Crippen LogP contribution in [0, 0.1) is 0 Å². The van der Waals surface area contributed by atoms with Gasteiger partial charge < -0.3 is 0 Å². The predicted octanol–water partition coefficient (Wildman–Crippen LogP) is 2.44. The van der Waals surface area contributed by atoms with Gasteiger partial charge in [0.25, 0.3) is 5.78 Å². The lowest BCUT2D eigenvalue weighted by atomic mass is 10.0. The molecule has 0 unspecified atom stereocenters. The first-order chi connectivity index (χ1) is 7.34. The van der Waals surface area contributed by atoms with Crippen molar-refractivity contribution in [2.45, 2.75) is 31.6 Å². The largest absolute Gasteiger partial charge is 0.253 e. The van der Waals surface area contributed by atoms with Crippen LogP contribution in [0.5, 0.6) is 0 Å². The fourth-order valence-corrected chi connectivity index (χ4v) is 2.46. The molecule has 1 aliphatic rings. The highest BCUT2D eigenvalue weighted by atomic mass is 35.5. The molecular formula is C10H11ClN4. The third-order valence-electron chi connectivity index (χ3n) is 3.00. The smallest absolute Gasteiger partial charge is 0.216 e. The molecule has 2 aromatic rings. The molecule has 0 saturated heterocycles. The van der Waals surface area contributed by atoms with Gasteiger partial charge in [-0.3, -0.25) is 0 Å². The van der Waals surface area contributed by atoms with Gasteiger partial charge in [0.1, 0.15) is 11.5 Å². The Morgan fingerprint density at radius 2 is 2.13 bits per heavy atom. The summed E-state index contributed by atoms with van der Waals surface area (Å²) < 4.78 is 1.56. The summed E-state index contributed by atoms with van der Waals surface area (Å²) in [4.78, 5) is 8.55. The molecule has 0 bridgehead atoms. The molecule has 0 amide bonds. The zero-order valence-corrected chi connectivity index (χ0v) is 8.98. The van der Waals surface area contributed by atoms with Crippen LogP contribution < -0.4 is 0 Å². The van der Waals surface area contributed by atoms with Crippen LogP contribution in [-0.4, -0.2) is 19.6 Å². The molecule has 1 fully saturated rings. The third-order valence-corrected chi connectivity index (χ3v) is 3.27. The van der Waals surface area contributed by atoms with E-state index in [0.717, 1.165) is 5.69 Å². The fraction of sp³-hybridized carbons (Fsp3) is 0.500. The molecule has 1 saturated carbocycles. The number of hydrogen-bond donors (Lipinski definition) is 0. The van der Waals surface area contributed by atoms with E-state index in [1.165, 1.54) is 32.0 Å². The molecule has 2 aromatic heterocycles. The Morgan fingerprint density at radius 1 is 1.33 bits per heavy atom. The average molecular weight is 223 g/mol. The molecule has 0 aromatic carbocycles. The molecule has 0 aliphatic heterocycles. The van der Waals surface area contributed by atoms with Crippen molar-refractivity contribution in [1.82, 2.24) is 19.6 Å². The average Bonchev–Trinajstić information content (AvgIpc) is 2.88. The van der Waals surface area contributed by atoms with E-state index in [2.05, 4.69) is 15.1 Å². The molecule has 5 heteroatoms. The molecular weight excluding hydrogens is 212 g/mol. The summed E-state index contributed by atoms with van der Waals surface area (Å²) in [6.45, 7) is 0. The minimum absolute atomic E-state index is 0.559. The highest BCUT2D eigenvalue weighted by Crippen LogP contribution is 2.33. The van der Waals surface area contributed by atoms with Gasteiger partial charge in [0.05, 0.1) is 5.69 Å². The van der Waals surface area contributed by atoms with Crippen molar-refractivity contribution in [2.24, 2.45) is 0 Å². The molecule has 2 heterocycles. The second-order valence-electron chi connectivity index (χ2n) is 3.96. The summed E-state index contributed by atoms with van der Waals surface area (Å²) in [6, 6.07) is 1.92. The Morgan fingerprint density at radius 3 is 2.93 bits per heavy atom. The minimum atomic E-state index is 0.559.